The maximum absolute atomic E-state index is 12.1. The summed E-state index contributed by atoms with van der Waals surface area (Å²) in [4.78, 5) is 46.5. The highest BCUT2D eigenvalue weighted by Crippen LogP contribution is 2.44. The van der Waals surface area contributed by atoms with E-state index < -0.39 is 29.8 Å². The van der Waals surface area contributed by atoms with E-state index in [1.165, 1.54) is 0 Å². The predicted octanol–water partition coefficient (Wildman–Crippen LogP) is 1.48. The van der Waals surface area contributed by atoms with Crippen molar-refractivity contribution in [1.82, 2.24) is 16.0 Å². The van der Waals surface area contributed by atoms with Crippen molar-refractivity contribution in [1.29, 1.82) is 0 Å². The number of amides is 3. The van der Waals surface area contributed by atoms with Gasteiger partial charge in [0.1, 0.15) is 13.2 Å². The molecule has 33 heavy (non-hydrogen) atoms. The van der Waals surface area contributed by atoms with Crippen molar-refractivity contribution in [3.8, 4) is 11.1 Å². The van der Waals surface area contributed by atoms with Gasteiger partial charge in [-0.25, -0.2) is 4.79 Å². The highest BCUT2D eigenvalue weighted by Gasteiger charge is 2.42. The van der Waals surface area contributed by atoms with Crippen molar-refractivity contribution in [2.45, 2.75) is 12.3 Å². The van der Waals surface area contributed by atoms with Crippen LogP contribution >= 0.6 is 0 Å². The Bertz CT molecular complexity index is 1040. The molecule has 2 aromatic rings. The summed E-state index contributed by atoms with van der Waals surface area (Å²) in [6.45, 7) is -0.171. The Morgan fingerprint density at radius 2 is 1.42 bits per heavy atom. The third-order valence-electron chi connectivity index (χ3n) is 5.98. The lowest BCUT2D eigenvalue weighted by atomic mass is 9.98. The summed E-state index contributed by atoms with van der Waals surface area (Å²) in [6, 6.07) is 16.0. The van der Waals surface area contributed by atoms with Crippen LogP contribution < -0.4 is 16.0 Å². The molecule has 2 aliphatic carbocycles. The molecule has 0 saturated heterocycles. The third-order valence-corrected chi connectivity index (χ3v) is 5.98. The zero-order valence-electron chi connectivity index (χ0n) is 17.9. The van der Waals surface area contributed by atoms with Crippen LogP contribution in [-0.2, 0) is 19.1 Å². The summed E-state index contributed by atoms with van der Waals surface area (Å²) < 4.78 is 5.36. The minimum atomic E-state index is -0.859. The first kappa shape index (κ1) is 22.3. The van der Waals surface area contributed by atoms with E-state index in [2.05, 4.69) is 16.0 Å². The van der Waals surface area contributed by atoms with E-state index in [1.807, 2.05) is 48.5 Å². The number of nitrogens with one attached hydrogen (secondary N) is 3. The molecule has 0 aliphatic heterocycles. The fourth-order valence-electron chi connectivity index (χ4n) is 4.13. The highest BCUT2D eigenvalue weighted by atomic mass is 16.5. The largest absolute Gasteiger partial charge is 0.481 e. The molecule has 0 aromatic heterocycles. The summed E-state index contributed by atoms with van der Waals surface area (Å²) in [7, 11) is 0. The molecule has 3 amide bonds. The van der Waals surface area contributed by atoms with Gasteiger partial charge in [0.2, 0.25) is 11.8 Å². The lowest BCUT2D eigenvalue weighted by Gasteiger charge is -2.14. The van der Waals surface area contributed by atoms with Crippen molar-refractivity contribution in [3.63, 3.8) is 0 Å². The Labute approximate surface area is 190 Å². The minimum absolute atomic E-state index is 0.0580. The zero-order valence-corrected chi connectivity index (χ0v) is 17.9. The number of aliphatic carboxylic acids is 1. The molecule has 0 heterocycles. The molecule has 0 bridgehead atoms. The molecule has 9 heteroatoms. The Kier molecular flexibility index (Phi) is 6.58. The normalized spacial score (nSPS) is 17.9. The van der Waals surface area contributed by atoms with Gasteiger partial charge in [0.15, 0.2) is 0 Å². The lowest BCUT2D eigenvalue weighted by Crippen LogP contribution is -2.42. The SMILES string of the molecule is O=C(CNC(=O)CNC(=O)OCC1c2ccccc2-c2ccccc21)NC[C@H]1C[C@H]1C(=O)O. The number of carbonyl (C=O) groups excluding carboxylic acids is 3. The molecule has 4 N–H and O–H groups in total. The van der Waals surface area contributed by atoms with Gasteiger partial charge in [0, 0.05) is 12.5 Å². The van der Waals surface area contributed by atoms with Crippen LogP contribution in [0.25, 0.3) is 11.1 Å². The topological polar surface area (TPSA) is 134 Å². The van der Waals surface area contributed by atoms with Gasteiger partial charge in [-0.15, -0.1) is 0 Å². The highest BCUT2D eigenvalue weighted by molar-refractivity contribution is 5.87. The Morgan fingerprint density at radius 3 is 2.03 bits per heavy atom. The number of carbonyl (C=O) groups is 4. The van der Waals surface area contributed by atoms with E-state index in [4.69, 9.17) is 9.84 Å². The first-order valence-corrected chi connectivity index (χ1v) is 10.8. The second-order valence-corrected chi connectivity index (χ2v) is 8.20. The van der Waals surface area contributed by atoms with Crippen LogP contribution in [0.5, 0.6) is 0 Å². The number of carboxylic acid groups (broad SMARTS) is 1. The van der Waals surface area contributed by atoms with Gasteiger partial charge in [0.25, 0.3) is 0 Å². The standard InChI is InChI=1S/C24H25N3O6/c28-21(25-10-14-9-19(14)23(30)31)11-26-22(29)12-27-24(32)33-13-20-17-7-3-1-5-15(17)16-6-2-4-8-18(16)20/h1-8,14,19-20H,9-13H2,(H,25,28)(H,26,29)(H,27,32)(H,30,31)/t14-,19-/m1/s1. The third kappa shape index (κ3) is 5.31. The van der Waals surface area contributed by atoms with Crippen molar-refractivity contribution in [3.05, 3.63) is 59.7 Å². The van der Waals surface area contributed by atoms with Gasteiger partial charge in [0.05, 0.1) is 12.5 Å². The van der Waals surface area contributed by atoms with Gasteiger partial charge in [-0.3, -0.25) is 14.4 Å². The quantitative estimate of drug-likeness (QED) is 0.456. The molecule has 2 aliphatic rings. The van der Waals surface area contributed by atoms with Crippen molar-refractivity contribution in [2.24, 2.45) is 11.8 Å². The van der Waals surface area contributed by atoms with E-state index in [0.717, 1.165) is 22.3 Å². The van der Waals surface area contributed by atoms with Gasteiger partial charge in [-0.2, -0.15) is 0 Å². The fourth-order valence-corrected chi connectivity index (χ4v) is 4.13. The van der Waals surface area contributed by atoms with Gasteiger partial charge in [-0.1, -0.05) is 48.5 Å². The molecule has 2 aromatic carbocycles. The van der Waals surface area contributed by atoms with Crippen molar-refractivity contribution < 1.29 is 29.0 Å². The summed E-state index contributed by atoms with van der Waals surface area (Å²) in [5.74, 6) is -2.34. The molecular formula is C24H25N3O6. The summed E-state index contributed by atoms with van der Waals surface area (Å²) >= 11 is 0. The number of rotatable bonds is 9. The molecule has 2 atom stereocenters. The monoisotopic (exact) mass is 451 g/mol. The van der Waals surface area contributed by atoms with Crippen LogP contribution in [-0.4, -0.2) is 55.2 Å². The molecule has 1 saturated carbocycles. The van der Waals surface area contributed by atoms with Gasteiger partial charge in [-0.05, 0) is 34.6 Å². The van der Waals surface area contributed by atoms with Crippen LogP contribution in [0.4, 0.5) is 4.79 Å². The minimum Gasteiger partial charge on any atom is -0.481 e. The number of carboxylic acids is 1. The van der Waals surface area contributed by atoms with Crippen LogP contribution in [0.2, 0.25) is 0 Å². The average Bonchev–Trinajstić information content (AvgIpc) is 3.54. The van der Waals surface area contributed by atoms with Crippen molar-refractivity contribution >= 4 is 23.9 Å². The Morgan fingerprint density at radius 1 is 0.848 bits per heavy atom. The van der Waals surface area contributed by atoms with Gasteiger partial charge >= 0.3 is 12.1 Å². The van der Waals surface area contributed by atoms with Crippen molar-refractivity contribution in [2.75, 3.05) is 26.2 Å². The summed E-state index contributed by atoms with van der Waals surface area (Å²) in [5, 5.41) is 16.2. The molecule has 0 unspecified atom stereocenters. The van der Waals surface area contributed by atoms with Crippen LogP contribution in [0.15, 0.2) is 48.5 Å². The number of hydrogen-bond donors (Lipinski definition) is 4. The van der Waals surface area contributed by atoms with E-state index in [0.29, 0.717) is 6.42 Å². The smallest absolute Gasteiger partial charge is 0.407 e. The number of alkyl carbamates (subject to hydrolysis) is 1. The number of ether oxygens (including phenoxy) is 1. The van der Waals surface area contributed by atoms with E-state index >= 15 is 0 Å². The number of benzene rings is 2. The number of fused-ring (bicyclic) bond motifs is 3. The first-order chi connectivity index (χ1) is 15.9. The van der Waals surface area contributed by atoms with E-state index in [1.54, 1.807) is 0 Å². The van der Waals surface area contributed by atoms with Crippen LogP contribution in [0.3, 0.4) is 0 Å². The Hall–Kier alpha value is -3.88. The zero-order chi connectivity index (χ0) is 23.4. The number of hydrogen-bond acceptors (Lipinski definition) is 5. The predicted molar refractivity (Wildman–Crippen MR) is 118 cm³/mol. The molecule has 172 valence electrons. The molecular weight excluding hydrogens is 426 g/mol. The second-order valence-electron chi connectivity index (χ2n) is 8.20. The van der Waals surface area contributed by atoms with E-state index in [-0.39, 0.29) is 38.1 Å². The average molecular weight is 451 g/mol. The molecule has 1 fully saturated rings. The summed E-state index contributed by atoms with van der Waals surface area (Å²) in [5.41, 5.74) is 4.44. The Balaban J connectivity index is 1.16. The van der Waals surface area contributed by atoms with Crippen LogP contribution in [0, 0.1) is 11.8 Å². The van der Waals surface area contributed by atoms with E-state index in [9.17, 15) is 19.2 Å². The molecule has 4 rings (SSSR count). The van der Waals surface area contributed by atoms with Gasteiger partial charge < -0.3 is 25.8 Å². The maximum atomic E-state index is 12.1. The molecule has 9 nitrogen and oxygen atoms in total. The second kappa shape index (κ2) is 9.72. The van der Waals surface area contributed by atoms with Crippen LogP contribution in [0.1, 0.15) is 23.5 Å². The summed E-state index contributed by atoms with van der Waals surface area (Å²) in [6.07, 6.45) is -0.170. The maximum Gasteiger partial charge on any atom is 0.407 e. The molecule has 0 radical (unpaired) electrons. The molecule has 0 spiro atoms. The fraction of sp³-hybridized carbons (Fsp3) is 0.333. The first-order valence-electron chi connectivity index (χ1n) is 10.8. The lowest BCUT2D eigenvalue weighted by molar-refractivity contribution is -0.139.